The lowest BCUT2D eigenvalue weighted by Gasteiger charge is -2.21. The zero-order chi connectivity index (χ0) is 16.9. The van der Waals surface area contributed by atoms with Gasteiger partial charge in [-0.1, -0.05) is 30.3 Å². The lowest BCUT2D eigenvalue weighted by Crippen LogP contribution is -3.10. The van der Waals surface area contributed by atoms with Crippen molar-refractivity contribution in [2.45, 2.75) is 18.8 Å². The van der Waals surface area contributed by atoms with E-state index in [4.69, 9.17) is 4.74 Å². The van der Waals surface area contributed by atoms with Gasteiger partial charge in [0.2, 0.25) is 0 Å². The Balaban J connectivity index is 1.89. The first kappa shape index (κ1) is 16.7. The molecule has 0 aromatic heterocycles. The molecule has 24 heavy (non-hydrogen) atoms. The molecule has 0 aliphatic carbocycles. The summed E-state index contributed by atoms with van der Waals surface area (Å²) in [6.45, 7) is 2.97. The molecule has 0 spiro atoms. The van der Waals surface area contributed by atoms with Crippen molar-refractivity contribution < 1.29 is 18.8 Å². The summed E-state index contributed by atoms with van der Waals surface area (Å²) in [4.78, 5) is 14.5. The lowest BCUT2D eigenvalue weighted by molar-refractivity contribution is -0.887. The molecule has 0 bridgehead atoms. The van der Waals surface area contributed by atoms with Crippen LogP contribution in [-0.2, 0) is 0 Å². The summed E-state index contributed by atoms with van der Waals surface area (Å²) >= 11 is 0. The second-order valence-electron chi connectivity index (χ2n) is 6.34. The van der Waals surface area contributed by atoms with Crippen molar-refractivity contribution in [1.29, 1.82) is 0 Å². The van der Waals surface area contributed by atoms with Crippen LogP contribution >= 0.6 is 0 Å². The van der Waals surface area contributed by atoms with Crippen molar-refractivity contribution in [2.75, 3.05) is 26.7 Å². The Kier molecular flexibility index (Phi) is 5.26. The Morgan fingerprint density at radius 1 is 1.17 bits per heavy atom. The topological polar surface area (TPSA) is 30.7 Å². The van der Waals surface area contributed by atoms with Crippen LogP contribution in [0, 0.1) is 5.82 Å². The van der Waals surface area contributed by atoms with Gasteiger partial charge in [-0.05, 0) is 23.8 Å². The van der Waals surface area contributed by atoms with E-state index in [-0.39, 0.29) is 17.5 Å². The summed E-state index contributed by atoms with van der Waals surface area (Å²) < 4.78 is 18.9. The average molecular weight is 328 g/mol. The Morgan fingerprint density at radius 2 is 1.88 bits per heavy atom. The third kappa shape index (κ3) is 3.65. The number of ether oxygens (including phenoxy) is 1. The fourth-order valence-electron chi connectivity index (χ4n) is 3.44. The predicted molar refractivity (Wildman–Crippen MR) is 91.3 cm³/mol. The summed E-state index contributed by atoms with van der Waals surface area (Å²) in [5, 5.41) is 0. The molecule has 1 heterocycles. The predicted octanol–water partition coefficient (Wildman–Crippen LogP) is 2.48. The van der Waals surface area contributed by atoms with Gasteiger partial charge < -0.3 is 9.64 Å². The van der Waals surface area contributed by atoms with Crippen molar-refractivity contribution in [3.05, 3.63) is 65.5 Å². The van der Waals surface area contributed by atoms with Gasteiger partial charge in [-0.3, -0.25) is 4.79 Å². The Morgan fingerprint density at radius 3 is 2.50 bits per heavy atom. The summed E-state index contributed by atoms with van der Waals surface area (Å²) in [5.74, 6) is -0.606. The van der Waals surface area contributed by atoms with Crippen molar-refractivity contribution in [1.82, 2.24) is 0 Å². The number of rotatable bonds is 6. The van der Waals surface area contributed by atoms with E-state index in [1.165, 1.54) is 37.0 Å². The summed E-state index contributed by atoms with van der Waals surface area (Å²) in [7, 11) is 1.42. The number of Topliss-reactive ketones (excluding diaryl/α,β-unsaturated/α-hetero) is 1. The van der Waals surface area contributed by atoms with Crippen LogP contribution in [-0.4, -0.2) is 32.5 Å². The first-order valence-corrected chi connectivity index (χ1v) is 8.45. The number of ketones is 1. The molecule has 4 heteroatoms. The molecule has 0 amide bonds. The molecule has 0 unspecified atom stereocenters. The van der Waals surface area contributed by atoms with E-state index in [9.17, 15) is 9.18 Å². The van der Waals surface area contributed by atoms with Crippen molar-refractivity contribution in [2.24, 2.45) is 0 Å². The molecule has 3 rings (SSSR count). The fourth-order valence-corrected chi connectivity index (χ4v) is 3.44. The monoisotopic (exact) mass is 328 g/mol. The molecular weight excluding hydrogens is 305 g/mol. The number of hydrogen-bond acceptors (Lipinski definition) is 2. The molecule has 1 aliphatic rings. The minimum Gasteiger partial charge on any atom is -0.494 e. The number of likely N-dealkylation sites (tertiary alicyclic amines) is 1. The number of carbonyl (C=O) groups excluding carboxylic acids is 1. The van der Waals surface area contributed by atoms with Gasteiger partial charge in [0.25, 0.3) is 0 Å². The molecular formula is C20H23FNO2+. The number of quaternary nitrogens is 1. The van der Waals surface area contributed by atoms with Gasteiger partial charge >= 0.3 is 0 Å². The third-order valence-electron chi connectivity index (χ3n) is 4.76. The number of nitrogens with one attached hydrogen (secondary N) is 1. The molecule has 3 nitrogen and oxygen atoms in total. The second-order valence-corrected chi connectivity index (χ2v) is 6.34. The smallest absolute Gasteiger partial charge is 0.176 e. The van der Waals surface area contributed by atoms with Crippen molar-refractivity contribution in [3.63, 3.8) is 0 Å². The van der Waals surface area contributed by atoms with E-state index in [0.717, 1.165) is 25.2 Å². The van der Waals surface area contributed by atoms with Crippen LogP contribution in [0.25, 0.3) is 0 Å². The molecule has 126 valence electrons. The number of methoxy groups -OCH3 is 1. The number of halogens is 1. The van der Waals surface area contributed by atoms with Gasteiger partial charge in [-0.15, -0.1) is 0 Å². The Hall–Kier alpha value is -2.20. The Bertz CT molecular complexity index is 696. The van der Waals surface area contributed by atoms with E-state index in [0.29, 0.717) is 5.56 Å². The molecule has 1 atom stereocenters. The van der Waals surface area contributed by atoms with Gasteiger partial charge in [0.05, 0.1) is 32.7 Å². The first-order chi connectivity index (χ1) is 11.7. The van der Waals surface area contributed by atoms with Gasteiger partial charge in [-0.2, -0.15) is 0 Å². The van der Waals surface area contributed by atoms with Crippen LogP contribution in [0.4, 0.5) is 4.39 Å². The second kappa shape index (κ2) is 7.58. The van der Waals surface area contributed by atoms with Gasteiger partial charge in [-0.25, -0.2) is 4.39 Å². The van der Waals surface area contributed by atoms with E-state index >= 15 is 0 Å². The molecule has 2 aromatic carbocycles. The summed E-state index contributed by atoms with van der Waals surface area (Å²) in [6, 6.07) is 14.3. The van der Waals surface area contributed by atoms with E-state index in [1.807, 2.05) is 30.3 Å². The van der Waals surface area contributed by atoms with Crippen molar-refractivity contribution in [3.8, 4) is 5.75 Å². The molecule has 1 N–H and O–H groups in total. The quantitative estimate of drug-likeness (QED) is 0.826. The Labute approximate surface area is 142 Å². The molecule has 0 radical (unpaired) electrons. The highest BCUT2D eigenvalue weighted by Gasteiger charge is 2.29. The van der Waals surface area contributed by atoms with E-state index in [1.54, 1.807) is 6.07 Å². The van der Waals surface area contributed by atoms with Crippen LogP contribution in [0.3, 0.4) is 0 Å². The van der Waals surface area contributed by atoms with E-state index in [2.05, 4.69) is 0 Å². The fraction of sp³-hybridized carbons (Fsp3) is 0.350. The van der Waals surface area contributed by atoms with Crippen LogP contribution in [0.5, 0.6) is 5.75 Å². The summed E-state index contributed by atoms with van der Waals surface area (Å²) in [5.41, 5.74) is 1.40. The van der Waals surface area contributed by atoms with Gasteiger partial charge in [0.15, 0.2) is 17.3 Å². The zero-order valence-corrected chi connectivity index (χ0v) is 13.9. The van der Waals surface area contributed by atoms with Crippen LogP contribution < -0.4 is 9.64 Å². The maximum absolute atomic E-state index is 14.0. The normalized spacial score (nSPS) is 16.1. The van der Waals surface area contributed by atoms with Crippen molar-refractivity contribution >= 4 is 5.78 Å². The summed E-state index contributed by atoms with van der Waals surface area (Å²) in [6.07, 6.45) is 2.42. The SMILES string of the molecule is COc1ccc(C(=O)[C@H](C[NH+]2CCCC2)c2ccccc2)cc1F. The van der Waals surface area contributed by atoms with Crippen LogP contribution in [0.2, 0.25) is 0 Å². The number of benzene rings is 2. The third-order valence-corrected chi connectivity index (χ3v) is 4.76. The largest absolute Gasteiger partial charge is 0.494 e. The molecule has 1 saturated heterocycles. The highest BCUT2D eigenvalue weighted by Crippen LogP contribution is 2.24. The molecule has 1 fully saturated rings. The van der Waals surface area contributed by atoms with Gasteiger partial charge in [0, 0.05) is 18.4 Å². The number of carbonyl (C=O) groups is 1. The number of hydrogen-bond donors (Lipinski definition) is 1. The highest BCUT2D eigenvalue weighted by atomic mass is 19.1. The lowest BCUT2D eigenvalue weighted by atomic mass is 9.90. The minimum absolute atomic E-state index is 0.0258. The zero-order valence-electron chi connectivity index (χ0n) is 13.9. The molecule has 0 saturated carbocycles. The van der Waals surface area contributed by atoms with Crippen LogP contribution in [0.15, 0.2) is 48.5 Å². The first-order valence-electron chi connectivity index (χ1n) is 8.45. The van der Waals surface area contributed by atoms with Gasteiger partial charge in [0.1, 0.15) is 0 Å². The van der Waals surface area contributed by atoms with Crippen LogP contribution in [0.1, 0.15) is 34.7 Å². The standard InChI is InChI=1S/C20H22FNO2/c1-24-19-10-9-16(13-18(19)21)20(23)17(14-22-11-5-6-12-22)15-7-3-2-4-8-15/h2-4,7-10,13,17H,5-6,11-12,14H2,1H3/p+1/t17-/m1/s1. The molecule has 2 aromatic rings. The average Bonchev–Trinajstić information content (AvgIpc) is 3.13. The highest BCUT2D eigenvalue weighted by molar-refractivity contribution is 6.01. The minimum atomic E-state index is -0.497. The maximum atomic E-state index is 14.0. The maximum Gasteiger partial charge on any atom is 0.176 e. The molecule has 1 aliphatic heterocycles. The van der Waals surface area contributed by atoms with E-state index < -0.39 is 5.82 Å².